The summed E-state index contributed by atoms with van der Waals surface area (Å²) in [5, 5.41) is 28.5. The first kappa shape index (κ1) is 27.1. The number of carbonyl (C=O) groups is 1. The molecule has 0 radical (unpaired) electrons. The maximum absolute atomic E-state index is 10.4. The number of aliphatic hydroxyl groups excluding tert-OH is 2. The summed E-state index contributed by atoms with van der Waals surface area (Å²) in [7, 11) is 0. The van der Waals surface area contributed by atoms with Gasteiger partial charge in [-0.1, -0.05) is 89.7 Å². The van der Waals surface area contributed by atoms with Crippen molar-refractivity contribution in [3.05, 3.63) is 12.2 Å². The Balaban J connectivity index is 3.29. The quantitative estimate of drug-likeness (QED) is 0.155. The highest BCUT2D eigenvalue weighted by Crippen LogP contribution is 2.15. The van der Waals surface area contributed by atoms with Crippen LogP contribution in [0.4, 0.5) is 0 Å². The molecule has 0 aromatic heterocycles. The molecule has 3 N–H and O–H groups in total. The van der Waals surface area contributed by atoms with Gasteiger partial charge in [-0.3, -0.25) is 4.79 Å². The van der Waals surface area contributed by atoms with Crippen LogP contribution in [0.2, 0.25) is 0 Å². The van der Waals surface area contributed by atoms with E-state index in [0.717, 1.165) is 44.9 Å². The van der Waals surface area contributed by atoms with E-state index in [1.54, 1.807) is 0 Å². The lowest BCUT2D eigenvalue weighted by Crippen LogP contribution is -2.12. The van der Waals surface area contributed by atoms with Gasteiger partial charge in [-0.25, -0.2) is 0 Å². The Morgan fingerprint density at radius 2 is 1.21 bits per heavy atom. The second-order valence-electron chi connectivity index (χ2n) is 8.20. The van der Waals surface area contributed by atoms with E-state index >= 15 is 0 Å². The molecule has 0 aromatic rings. The molecule has 0 aliphatic carbocycles. The van der Waals surface area contributed by atoms with Crippen LogP contribution in [0.25, 0.3) is 0 Å². The average molecular weight is 399 g/mol. The summed E-state index contributed by atoms with van der Waals surface area (Å²) in [5.74, 6) is -0.680. The normalized spacial score (nSPS) is 13.8. The van der Waals surface area contributed by atoms with Crippen molar-refractivity contribution < 1.29 is 20.1 Å². The van der Waals surface area contributed by atoms with Gasteiger partial charge in [-0.15, -0.1) is 0 Å². The van der Waals surface area contributed by atoms with Gasteiger partial charge in [0.2, 0.25) is 0 Å². The Morgan fingerprint density at radius 3 is 1.75 bits per heavy atom. The van der Waals surface area contributed by atoms with Crippen molar-refractivity contribution in [2.45, 2.75) is 135 Å². The third-order valence-corrected chi connectivity index (χ3v) is 5.29. The fourth-order valence-electron chi connectivity index (χ4n) is 3.43. The Morgan fingerprint density at radius 1 is 0.714 bits per heavy atom. The van der Waals surface area contributed by atoms with Crippen molar-refractivity contribution in [1.29, 1.82) is 0 Å². The molecular formula is C24H46O4. The van der Waals surface area contributed by atoms with Crippen LogP contribution in [0.5, 0.6) is 0 Å². The van der Waals surface area contributed by atoms with E-state index in [1.165, 1.54) is 44.9 Å². The van der Waals surface area contributed by atoms with Crippen LogP contribution in [0.1, 0.15) is 122 Å². The molecule has 2 atom stereocenters. The Labute approximate surface area is 173 Å². The molecule has 0 amide bonds. The summed E-state index contributed by atoms with van der Waals surface area (Å²) in [6.07, 6.45) is 21.9. The molecule has 0 heterocycles. The summed E-state index contributed by atoms with van der Waals surface area (Å²) in [6.45, 7) is 2.15. The van der Waals surface area contributed by atoms with Crippen molar-refractivity contribution in [1.82, 2.24) is 0 Å². The molecule has 0 aliphatic heterocycles. The maximum atomic E-state index is 10.4. The number of carboxylic acid groups (broad SMARTS) is 1. The van der Waals surface area contributed by atoms with Crippen molar-refractivity contribution in [2.75, 3.05) is 0 Å². The molecule has 0 spiro atoms. The second kappa shape index (κ2) is 20.9. The van der Waals surface area contributed by atoms with Gasteiger partial charge >= 0.3 is 5.97 Å². The van der Waals surface area contributed by atoms with Gasteiger partial charge in [-0.05, 0) is 38.5 Å². The fraction of sp³-hybridized carbons (Fsp3) is 0.875. The smallest absolute Gasteiger partial charge is 0.303 e. The molecule has 0 fully saturated rings. The van der Waals surface area contributed by atoms with Crippen molar-refractivity contribution >= 4 is 5.97 Å². The van der Waals surface area contributed by atoms with E-state index in [9.17, 15) is 15.0 Å². The van der Waals surface area contributed by atoms with Crippen molar-refractivity contribution in [3.63, 3.8) is 0 Å². The zero-order valence-corrected chi connectivity index (χ0v) is 18.3. The molecule has 0 saturated carbocycles. The minimum atomic E-state index is -0.680. The number of aliphatic carboxylic acids is 1. The monoisotopic (exact) mass is 398 g/mol. The van der Waals surface area contributed by atoms with E-state index in [4.69, 9.17) is 5.11 Å². The highest BCUT2D eigenvalue weighted by molar-refractivity contribution is 5.66. The zero-order valence-electron chi connectivity index (χ0n) is 18.3. The molecule has 0 aromatic carbocycles. The van der Waals surface area contributed by atoms with Crippen molar-refractivity contribution in [3.8, 4) is 0 Å². The lowest BCUT2D eigenvalue weighted by atomic mass is 10.0. The van der Waals surface area contributed by atoms with E-state index in [1.807, 2.05) is 0 Å². The summed E-state index contributed by atoms with van der Waals surface area (Å²) in [6, 6.07) is 0. The van der Waals surface area contributed by atoms with Gasteiger partial charge in [0.1, 0.15) is 0 Å². The summed E-state index contributed by atoms with van der Waals surface area (Å²) < 4.78 is 0. The van der Waals surface area contributed by atoms with Gasteiger partial charge in [0.05, 0.1) is 12.2 Å². The number of allylic oxidation sites excluding steroid dienone is 1. The van der Waals surface area contributed by atoms with Gasteiger partial charge in [0.25, 0.3) is 0 Å². The Kier molecular flexibility index (Phi) is 20.2. The maximum Gasteiger partial charge on any atom is 0.303 e. The number of hydrogen-bond acceptors (Lipinski definition) is 3. The van der Waals surface area contributed by atoms with E-state index < -0.39 is 5.97 Å². The first-order chi connectivity index (χ1) is 13.6. The van der Waals surface area contributed by atoms with E-state index in [2.05, 4.69) is 19.1 Å². The summed E-state index contributed by atoms with van der Waals surface area (Å²) in [4.78, 5) is 10.4. The predicted octanol–water partition coefficient (Wildman–Crippen LogP) is 6.39. The number of unbranched alkanes of at least 4 members (excludes halogenated alkanes) is 11. The number of rotatable bonds is 21. The Hall–Kier alpha value is -0.870. The minimum absolute atomic E-state index is 0.268. The first-order valence-electron chi connectivity index (χ1n) is 11.8. The minimum Gasteiger partial charge on any atom is -0.481 e. The SMILES string of the molecule is CCCC=CCC(O)CCC(O)CCCCCCCCCCCCCC(=O)O. The third kappa shape index (κ3) is 21.4. The molecule has 28 heavy (non-hydrogen) atoms. The number of carboxylic acids is 1. The summed E-state index contributed by atoms with van der Waals surface area (Å²) in [5.41, 5.74) is 0. The van der Waals surface area contributed by atoms with Crippen LogP contribution in [0.15, 0.2) is 12.2 Å². The molecule has 0 rings (SSSR count). The molecule has 0 saturated heterocycles. The lowest BCUT2D eigenvalue weighted by Gasteiger charge is -2.13. The zero-order chi connectivity index (χ0) is 20.9. The lowest BCUT2D eigenvalue weighted by molar-refractivity contribution is -0.137. The van der Waals surface area contributed by atoms with Crippen LogP contribution in [-0.2, 0) is 4.79 Å². The molecule has 4 heteroatoms. The second-order valence-corrected chi connectivity index (χ2v) is 8.20. The molecule has 166 valence electrons. The van der Waals surface area contributed by atoms with Gasteiger partial charge in [0.15, 0.2) is 0 Å². The van der Waals surface area contributed by atoms with E-state index in [0.29, 0.717) is 25.7 Å². The van der Waals surface area contributed by atoms with E-state index in [-0.39, 0.29) is 12.2 Å². The molecular weight excluding hydrogens is 352 g/mol. The number of aliphatic hydroxyl groups is 2. The molecule has 2 unspecified atom stereocenters. The Bertz CT molecular complexity index is 368. The average Bonchev–Trinajstić information content (AvgIpc) is 2.67. The third-order valence-electron chi connectivity index (χ3n) is 5.29. The van der Waals surface area contributed by atoms with Crippen LogP contribution in [-0.4, -0.2) is 33.5 Å². The topological polar surface area (TPSA) is 77.8 Å². The highest BCUT2D eigenvalue weighted by Gasteiger charge is 2.08. The largest absolute Gasteiger partial charge is 0.481 e. The molecule has 0 aliphatic rings. The molecule has 4 nitrogen and oxygen atoms in total. The standard InChI is InChI=1S/C24H46O4/c1-2-3-4-14-17-22(25)20-21-23(26)18-15-12-10-8-6-5-7-9-11-13-16-19-24(27)28/h4,14,22-23,25-26H,2-3,5-13,15-21H2,1H3,(H,27,28). The van der Waals surface area contributed by atoms with Crippen LogP contribution < -0.4 is 0 Å². The number of hydrogen-bond donors (Lipinski definition) is 3. The van der Waals surface area contributed by atoms with Crippen molar-refractivity contribution in [2.24, 2.45) is 0 Å². The van der Waals surface area contributed by atoms with Gasteiger partial charge in [0, 0.05) is 6.42 Å². The van der Waals surface area contributed by atoms with Gasteiger partial charge < -0.3 is 15.3 Å². The van der Waals surface area contributed by atoms with Gasteiger partial charge in [-0.2, -0.15) is 0 Å². The molecule has 0 bridgehead atoms. The van der Waals surface area contributed by atoms with Crippen LogP contribution in [0, 0.1) is 0 Å². The fourth-order valence-corrected chi connectivity index (χ4v) is 3.43. The van der Waals surface area contributed by atoms with Crippen LogP contribution >= 0.6 is 0 Å². The summed E-state index contributed by atoms with van der Waals surface area (Å²) >= 11 is 0. The van der Waals surface area contributed by atoms with Crippen LogP contribution in [0.3, 0.4) is 0 Å². The first-order valence-corrected chi connectivity index (χ1v) is 11.8. The highest BCUT2D eigenvalue weighted by atomic mass is 16.4. The predicted molar refractivity (Wildman–Crippen MR) is 118 cm³/mol.